The molecule has 2 aromatic carbocycles. The van der Waals surface area contributed by atoms with Crippen LogP contribution in [0.1, 0.15) is 0 Å². The van der Waals surface area contributed by atoms with Gasteiger partial charge in [0.1, 0.15) is 11.5 Å². The highest BCUT2D eigenvalue weighted by molar-refractivity contribution is 6.00. The van der Waals surface area contributed by atoms with Gasteiger partial charge in [0, 0.05) is 23.4 Å². The van der Waals surface area contributed by atoms with Gasteiger partial charge in [0.2, 0.25) is 5.88 Å². The maximum Gasteiger partial charge on any atom is 0.323 e. The molecular weight excluding hydrogens is 360 g/mol. The van der Waals surface area contributed by atoms with E-state index < -0.39 is 0 Å². The van der Waals surface area contributed by atoms with E-state index in [0.717, 1.165) is 5.56 Å². The summed E-state index contributed by atoms with van der Waals surface area (Å²) in [5, 5.41) is 13.6. The van der Waals surface area contributed by atoms with Crippen LogP contribution in [0.25, 0.3) is 11.3 Å². The molecule has 0 spiro atoms. The lowest BCUT2D eigenvalue weighted by Crippen LogP contribution is -2.19. The predicted octanol–water partition coefficient (Wildman–Crippen LogP) is 3.81. The lowest BCUT2D eigenvalue weighted by Gasteiger charge is -2.12. The second kappa shape index (κ2) is 8.72. The van der Waals surface area contributed by atoms with Crippen LogP contribution in [0.3, 0.4) is 0 Å². The Kier molecular flexibility index (Phi) is 5.91. The molecule has 1 heterocycles. The summed E-state index contributed by atoms with van der Waals surface area (Å²) >= 11 is 0. The highest BCUT2D eigenvalue weighted by atomic mass is 16.5. The number of hydrogen-bond acceptors (Lipinski definition) is 6. The van der Waals surface area contributed by atoms with E-state index in [0.29, 0.717) is 34.4 Å². The molecule has 28 heavy (non-hydrogen) atoms. The van der Waals surface area contributed by atoms with E-state index >= 15 is 0 Å². The molecule has 144 valence electrons. The van der Waals surface area contributed by atoms with E-state index in [2.05, 4.69) is 20.8 Å². The van der Waals surface area contributed by atoms with Crippen molar-refractivity contribution in [1.29, 1.82) is 0 Å². The van der Waals surface area contributed by atoms with Crippen LogP contribution in [0.15, 0.2) is 54.6 Å². The molecule has 0 atom stereocenters. The van der Waals surface area contributed by atoms with Gasteiger partial charge in [0.25, 0.3) is 0 Å². The van der Waals surface area contributed by atoms with Crippen molar-refractivity contribution in [2.45, 2.75) is 0 Å². The first-order chi connectivity index (χ1) is 13.6. The topological polar surface area (TPSA) is 94.6 Å². The average molecular weight is 380 g/mol. The minimum Gasteiger partial charge on any atom is -0.497 e. The quantitative estimate of drug-likeness (QED) is 0.675. The SMILES string of the molecule is COc1ccc(NC(=O)Nc2ccc(-c3ccc(OC)nn3)cc2)c(OC)c1. The Morgan fingerprint density at radius 2 is 1.61 bits per heavy atom. The molecule has 0 aliphatic rings. The van der Waals surface area contributed by atoms with Gasteiger partial charge in [-0.2, -0.15) is 0 Å². The van der Waals surface area contributed by atoms with E-state index in [4.69, 9.17) is 14.2 Å². The van der Waals surface area contributed by atoms with E-state index in [1.165, 1.54) is 14.2 Å². The van der Waals surface area contributed by atoms with Crippen LogP contribution in [0.2, 0.25) is 0 Å². The van der Waals surface area contributed by atoms with Gasteiger partial charge in [0.15, 0.2) is 0 Å². The molecule has 3 rings (SSSR count). The lowest BCUT2D eigenvalue weighted by molar-refractivity contribution is 0.262. The van der Waals surface area contributed by atoms with Crippen molar-refractivity contribution in [2.75, 3.05) is 32.0 Å². The molecule has 8 heteroatoms. The van der Waals surface area contributed by atoms with E-state index in [1.807, 2.05) is 18.2 Å². The van der Waals surface area contributed by atoms with Gasteiger partial charge in [-0.25, -0.2) is 4.79 Å². The van der Waals surface area contributed by atoms with Crippen molar-refractivity contribution in [3.05, 3.63) is 54.6 Å². The van der Waals surface area contributed by atoms with Crippen LogP contribution < -0.4 is 24.8 Å². The van der Waals surface area contributed by atoms with Gasteiger partial charge < -0.3 is 24.8 Å². The van der Waals surface area contributed by atoms with Gasteiger partial charge in [-0.15, -0.1) is 10.2 Å². The molecule has 0 aliphatic heterocycles. The third-order valence-electron chi connectivity index (χ3n) is 3.94. The third-order valence-corrected chi connectivity index (χ3v) is 3.94. The van der Waals surface area contributed by atoms with E-state index in [9.17, 15) is 4.79 Å². The second-order valence-electron chi connectivity index (χ2n) is 5.68. The van der Waals surface area contributed by atoms with Crippen molar-refractivity contribution in [1.82, 2.24) is 10.2 Å². The number of urea groups is 1. The van der Waals surface area contributed by atoms with Crippen LogP contribution in [0.4, 0.5) is 16.2 Å². The van der Waals surface area contributed by atoms with Crippen LogP contribution in [-0.2, 0) is 0 Å². The van der Waals surface area contributed by atoms with Gasteiger partial charge in [0.05, 0.1) is 32.7 Å². The zero-order chi connectivity index (χ0) is 19.9. The molecule has 2 amide bonds. The number of anilines is 2. The summed E-state index contributed by atoms with van der Waals surface area (Å²) in [6, 6.07) is 15.6. The predicted molar refractivity (Wildman–Crippen MR) is 106 cm³/mol. The summed E-state index contributed by atoms with van der Waals surface area (Å²) in [5.74, 6) is 1.59. The van der Waals surface area contributed by atoms with Crippen molar-refractivity contribution in [3.8, 4) is 28.6 Å². The zero-order valence-corrected chi connectivity index (χ0v) is 15.7. The Balaban J connectivity index is 1.66. The van der Waals surface area contributed by atoms with Gasteiger partial charge in [-0.05, 0) is 30.3 Å². The first-order valence-corrected chi connectivity index (χ1v) is 8.41. The van der Waals surface area contributed by atoms with Crippen molar-refractivity contribution in [3.63, 3.8) is 0 Å². The monoisotopic (exact) mass is 380 g/mol. The summed E-state index contributed by atoms with van der Waals surface area (Å²) in [7, 11) is 4.63. The smallest absolute Gasteiger partial charge is 0.323 e. The number of carbonyl (C=O) groups excluding carboxylic acids is 1. The highest BCUT2D eigenvalue weighted by Crippen LogP contribution is 2.29. The number of rotatable bonds is 6. The van der Waals surface area contributed by atoms with Crippen molar-refractivity contribution >= 4 is 17.4 Å². The molecule has 0 saturated heterocycles. The Morgan fingerprint density at radius 3 is 2.21 bits per heavy atom. The van der Waals surface area contributed by atoms with E-state index in [-0.39, 0.29) is 6.03 Å². The number of aromatic nitrogens is 2. The third kappa shape index (κ3) is 4.47. The number of methoxy groups -OCH3 is 3. The summed E-state index contributed by atoms with van der Waals surface area (Å²) < 4.78 is 15.4. The van der Waals surface area contributed by atoms with Gasteiger partial charge in [-0.1, -0.05) is 12.1 Å². The Labute approximate surface area is 162 Å². The Morgan fingerprint density at radius 1 is 0.821 bits per heavy atom. The van der Waals surface area contributed by atoms with Gasteiger partial charge >= 0.3 is 6.03 Å². The fraction of sp³-hybridized carbons (Fsp3) is 0.150. The van der Waals surface area contributed by atoms with E-state index in [1.54, 1.807) is 43.5 Å². The maximum absolute atomic E-state index is 12.3. The molecule has 0 bridgehead atoms. The maximum atomic E-state index is 12.3. The molecule has 0 aliphatic carbocycles. The second-order valence-corrected chi connectivity index (χ2v) is 5.68. The van der Waals surface area contributed by atoms with Crippen molar-refractivity contribution in [2.24, 2.45) is 0 Å². The van der Waals surface area contributed by atoms with Crippen LogP contribution in [-0.4, -0.2) is 37.6 Å². The molecule has 0 unspecified atom stereocenters. The minimum atomic E-state index is -0.388. The number of carbonyl (C=O) groups is 1. The summed E-state index contributed by atoms with van der Waals surface area (Å²) in [6.45, 7) is 0. The fourth-order valence-electron chi connectivity index (χ4n) is 2.49. The van der Waals surface area contributed by atoms with Crippen LogP contribution >= 0.6 is 0 Å². The molecule has 8 nitrogen and oxygen atoms in total. The van der Waals surface area contributed by atoms with Gasteiger partial charge in [-0.3, -0.25) is 0 Å². The zero-order valence-electron chi connectivity index (χ0n) is 15.7. The number of benzene rings is 2. The molecule has 1 aromatic heterocycles. The summed E-state index contributed by atoms with van der Waals surface area (Å²) in [5.41, 5.74) is 2.75. The normalized spacial score (nSPS) is 10.1. The molecule has 3 aromatic rings. The van der Waals surface area contributed by atoms with Crippen molar-refractivity contribution < 1.29 is 19.0 Å². The largest absolute Gasteiger partial charge is 0.497 e. The first kappa shape index (κ1) is 19.0. The molecule has 2 N–H and O–H groups in total. The van der Waals surface area contributed by atoms with Crippen LogP contribution in [0, 0.1) is 0 Å². The average Bonchev–Trinajstić information content (AvgIpc) is 2.74. The number of amides is 2. The molecule has 0 radical (unpaired) electrons. The summed E-state index contributed by atoms with van der Waals surface area (Å²) in [4.78, 5) is 12.3. The minimum absolute atomic E-state index is 0.388. The number of ether oxygens (including phenoxy) is 3. The summed E-state index contributed by atoms with van der Waals surface area (Å²) in [6.07, 6.45) is 0. The lowest BCUT2D eigenvalue weighted by atomic mass is 10.1. The molecule has 0 fully saturated rings. The first-order valence-electron chi connectivity index (χ1n) is 8.41. The standard InChI is InChI=1S/C20H20N4O4/c1-26-15-8-9-17(18(12-15)27-2)22-20(25)21-14-6-4-13(5-7-14)16-10-11-19(28-3)24-23-16/h4-12H,1-3H3,(H2,21,22,25). The number of nitrogens with zero attached hydrogens (tertiary/aromatic N) is 2. The number of hydrogen-bond donors (Lipinski definition) is 2. The Hall–Kier alpha value is -3.81. The Bertz CT molecular complexity index is 943. The molecule has 0 saturated carbocycles. The highest BCUT2D eigenvalue weighted by Gasteiger charge is 2.09. The molecular formula is C20H20N4O4. The van der Waals surface area contributed by atoms with Crippen LogP contribution in [0.5, 0.6) is 17.4 Å². The fourth-order valence-corrected chi connectivity index (χ4v) is 2.49. The number of nitrogens with one attached hydrogen (secondary N) is 2.